The Morgan fingerprint density at radius 1 is 1.19 bits per heavy atom. The van der Waals surface area contributed by atoms with Gasteiger partial charge in [-0.25, -0.2) is 0 Å². The molecule has 0 atom stereocenters. The Morgan fingerprint density at radius 2 is 1.90 bits per heavy atom. The maximum Gasteiger partial charge on any atom is 0.240 e. The molecule has 2 saturated carbocycles. The number of hydrogen-bond acceptors (Lipinski definition) is 2. The fourth-order valence-corrected chi connectivity index (χ4v) is 3.80. The normalized spacial score (nSPS) is 22.6. The molecule has 1 aromatic rings. The molecule has 2 aliphatic rings. The zero-order valence-corrected chi connectivity index (χ0v) is 13.9. The minimum absolute atomic E-state index is 0.0300. The lowest BCUT2D eigenvalue weighted by molar-refractivity contribution is -0.123. The van der Waals surface area contributed by atoms with Crippen molar-refractivity contribution in [2.45, 2.75) is 55.9 Å². The summed E-state index contributed by atoms with van der Waals surface area (Å²) in [6.07, 6.45) is 7.69. The lowest BCUT2D eigenvalue weighted by Gasteiger charge is -2.38. The lowest BCUT2D eigenvalue weighted by Crippen LogP contribution is -2.49. The van der Waals surface area contributed by atoms with E-state index in [0.29, 0.717) is 6.54 Å². The molecule has 3 rings (SSSR count). The van der Waals surface area contributed by atoms with Crippen LogP contribution in [0.3, 0.4) is 0 Å². The van der Waals surface area contributed by atoms with Crippen molar-refractivity contribution < 1.29 is 4.79 Å². The molecule has 0 aliphatic heterocycles. The van der Waals surface area contributed by atoms with E-state index in [4.69, 9.17) is 5.73 Å². The molecule has 0 unspecified atom stereocenters. The monoisotopic (exact) mass is 350 g/mol. The Morgan fingerprint density at radius 3 is 2.52 bits per heavy atom. The zero-order chi connectivity index (χ0) is 14.9. The highest BCUT2D eigenvalue weighted by Crippen LogP contribution is 2.40. The molecular formula is C17H23BrN2O. The summed E-state index contributed by atoms with van der Waals surface area (Å²) in [4.78, 5) is 12.2. The van der Waals surface area contributed by atoms with Gasteiger partial charge in [0.05, 0.1) is 5.54 Å². The fourth-order valence-electron chi connectivity index (χ4n) is 3.40. The molecule has 2 aliphatic carbocycles. The molecule has 0 heterocycles. The first-order chi connectivity index (χ1) is 10.0. The largest absolute Gasteiger partial charge is 0.354 e. The van der Waals surface area contributed by atoms with Crippen molar-refractivity contribution in [2.24, 2.45) is 5.73 Å². The van der Waals surface area contributed by atoms with Gasteiger partial charge in [-0.1, -0.05) is 47.3 Å². The third-order valence-electron chi connectivity index (χ3n) is 5.08. The maximum atomic E-state index is 12.2. The average molecular weight is 351 g/mol. The van der Waals surface area contributed by atoms with Gasteiger partial charge in [0, 0.05) is 16.4 Å². The number of halogens is 1. The molecule has 1 aromatic carbocycles. The van der Waals surface area contributed by atoms with Crippen LogP contribution in [-0.4, -0.2) is 18.0 Å². The summed E-state index contributed by atoms with van der Waals surface area (Å²) in [5.41, 5.74) is 6.82. The highest BCUT2D eigenvalue weighted by atomic mass is 79.9. The molecule has 21 heavy (non-hydrogen) atoms. The summed E-state index contributed by atoms with van der Waals surface area (Å²) in [6, 6.07) is 8.53. The number of rotatable bonds is 4. The zero-order valence-electron chi connectivity index (χ0n) is 12.3. The Hall–Kier alpha value is -0.870. The SMILES string of the molecule is NC1(C(=O)NCC2(c3cccc(Br)c3)CCCCC2)CC1. The topological polar surface area (TPSA) is 55.1 Å². The van der Waals surface area contributed by atoms with Gasteiger partial charge in [0.25, 0.3) is 0 Å². The number of nitrogens with one attached hydrogen (secondary N) is 1. The molecule has 2 fully saturated rings. The van der Waals surface area contributed by atoms with Crippen molar-refractivity contribution in [3.8, 4) is 0 Å². The van der Waals surface area contributed by atoms with Gasteiger partial charge in [-0.15, -0.1) is 0 Å². The van der Waals surface area contributed by atoms with E-state index in [1.807, 2.05) is 0 Å². The van der Waals surface area contributed by atoms with Gasteiger partial charge in [0.15, 0.2) is 0 Å². The molecule has 4 heteroatoms. The van der Waals surface area contributed by atoms with Gasteiger partial charge < -0.3 is 11.1 Å². The highest BCUT2D eigenvalue weighted by Gasteiger charge is 2.46. The van der Waals surface area contributed by atoms with Crippen LogP contribution < -0.4 is 11.1 Å². The van der Waals surface area contributed by atoms with Crippen molar-refractivity contribution in [1.29, 1.82) is 0 Å². The van der Waals surface area contributed by atoms with E-state index in [0.717, 1.165) is 30.2 Å². The number of nitrogens with two attached hydrogens (primary N) is 1. The van der Waals surface area contributed by atoms with Crippen LogP contribution in [0.25, 0.3) is 0 Å². The van der Waals surface area contributed by atoms with E-state index in [2.05, 4.69) is 45.5 Å². The lowest BCUT2D eigenvalue weighted by atomic mass is 9.69. The second-order valence-corrected chi connectivity index (χ2v) is 7.61. The van der Waals surface area contributed by atoms with E-state index in [1.54, 1.807) is 0 Å². The molecule has 3 nitrogen and oxygen atoms in total. The standard InChI is InChI=1S/C17H23BrN2O/c18-14-6-4-5-13(11-14)16(7-2-1-3-8-16)12-20-15(21)17(19)9-10-17/h4-6,11H,1-3,7-10,12,19H2,(H,20,21). The molecular weight excluding hydrogens is 328 g/mol. The number of amides is 1. The Balaban J connectivity index is 1.78. The summed E-state index contributed by atoms with van der Waals surface area (Å²) in [5.74, 6) is 0.0300. The van der Waals surface area contributed by atoms with E-state index in [9.17, 15) is 4.79 Å². The Kier molecular flexibility index (Phi) is 4.10. The molecule has 0 radical (unpaired) electrons. The minimum atomic E-state index is -0.576. The first kappa shape index (κ1) is 15.0. The average Bonchev–Trinajstić information content (AvgIpc) is 3.25. The maximum absolute atomic E-state index is 12.2. The number of hydrogen-bond donors (Lipinski definition) is 2. The summed E-state index contributed by atoms with van der Waals surface area (Å²) >= 11 is 3.57. The van der Waals surface area contributed by atoms with Crippen LogP contribution in [-0.2, 0) is 10.2 Å². The summed E-state index contributed by atoms with van der Waals surface area (Å²) in [6.45, 7) is 0.710. The number of carbonyl (C=O) groups excluding carboxylic acids is 1. The van der Waals surface area contributed by atoms with Crippen molar-refractivity contribution in [3.63, 3.8) is 0 Å². The Labute approximate surface area is 134 Å². The van der Waals surface area contributed by atoms with Crippen LogP contribution in [0.4, 0.5) is 0 Å². The van der Waals surface area contributed by atoms with Crippen molar-refractivity contribution in [1.82, 2.24) is 5.32 Å². The van der Waals surface area contributed by atoms with E-state index >= 15 is 0 Å². The predicted octanol–water partition coefficient (Wildman–Crippen LogP) is 3.26. The molecule has 0 bridgehead atoms. The van der Waals surface area contributed by atoms with E-state index < -0.39 is 5.54 Å². The van der Waals surface area contributed by atoms with E-state index in [1.165, 1.54) is 24.8 Å². The van der Waals surface area contributed by atoms with Gasteiger partial charge >= 0.3 is 0 Å². The molecule has 0 saturated heterocycles. The molecule has 0 spiro atoms. The second-order valence-electron chi connectivity index (χ2n) is 6.69. The molecule has 0 aromatic heterocycles. The predicted molar refractivity (Wildman–Crippen MR) is 88.1 cm³/mol. The van der Waals surface area contributed by atoms with Crippen molar-refractivity contribution in [2.75, 3.05) is 6.54 Å². The van der Waals surface area contributed by atoms with Crippen LogP contribution in [0.15, 0.2) is 28.7 Å². The fraction of sp³-hybridized carbons (Fsp3) is 0.588. The van der Waals surface area contributed by atoms with Gasteiger partial charge in [0.1, 0.15) is 0 Å². The van der Waals surface area contributed by atoms with Gasteiger partial charge in [-0.2, -0.15) is 0 Å². The molecule has 114 valence electrons. The third kappa shape index (κ3) is 3.16. The van der Waals surface area contributed by atoms with Crippen LogP contribution in [0.1, 0.15) is 50.5 Å². The quantitative estimate of drug-likeness (QED) is 0.875. The first-order valence-electron chi connectivity index (χ1n) is 7.87. The third-order valence-corrected chi connectivity index (χ3v) is 5.57. The molecule has 3 N–H and O–H groups in total. The van der Waals surface area contributed by atoms with Gasteiger partial charge in [-0.3, -0.25) is 4.79 Å². The van der Waals surface area contributed by atoms with Gasteiger partial charge in [-0.05, 0) is 43.4 Å². The van der Waals surface area contributed by atoms with Crippen LogP contribution in [0.5, 0.6) is 0 Å². The Bertz CT molecular complexity index is 533. The minimum Gasteiger partial charge on any atom is -0.354 e. The number of benzene rings is 1. The van der Waals surface area contributed by atoms with Gasteiger partial charge in [0.2, 0.25) is 5.91 Å². The van der Waals surface area contributed by atoms with Crippen LogP contribution in [0, 0.1) is 0 Å². The highest BCUT2D eigenvalue weighted by molar-refractivity contribution is 9.10. The summed E-state index contributed by atoms with van der Waals surface area (Å²) in [7, 11) is 0. The van der Waals surface area contributed by atoms with Crippen molar-refractivity contribution >= 4 is 21.8 Å². The van der Waals surface area contributed by atoms with E-state index in [-0.39, 0.29) is 11.3 Å². The molecule has 1 amide bonds. The first-order valence-corrected chi connectivity index (χ1v) is 8.67. The summed E-state index contributed by atoms with van der Waals surface area (Å²) in [5, 5.41) is 3.13. The number of carbonyl (C=O) groups is 1. The second kappa shape index (κ2) is 5.73. The van der Waals surface area contributed by atoms with Crippen molar-refractivity contribution in [3.05, 3.63) is 34.3 Å². The smallest absolute Gasteiger partial charge is 0.240 e. The van der Waals surface area contributed by atoms with Crippen LogP contribution >= 0.6 is 15.9 Å². The van der Waals surface area contributed by atoms with Crippen LogP contribution in [0.2, 0.25) is 0 Å². The summed E-state index contributed by atoms with van der Waals surface area (Å²) < 4.78 is 1.11.